The topological polar surface area (TPSA) is 58.4 Å². The summed E-state index contributed by atoms with van der Waals surface area (Å²) in [6.07, 6.45) is 0. The molecule has 6 nitrogen and oxygen atoms in total. The number of hydrogen-bond acceptors (Lipinski definition) is 4. The molecule has 0 atom stereocenters. The summed E-state index contributed by atoms with van der Waals surface area (Å²) in [6, 6.07) is 15.7. The number of aromatic nitrogens is 2. The van der Waals surface area contributed by atoms with Gasteiger partial charge in [-0.05, 0) is 30.3 Å². The highest BCUT2D eigenvalue weighted by molar-refractivity contribution is 6.43. The van der Waals surface area contributed by atoms with Crippen LogP contribution in [-0.4, -0.2) is 46.8 Å². The van der Waals surface area contributed by atoms with Crippen molar-refractivity contribution in [1.82, 2.24) is 14.7 Å². The number of amides is 1. The van der Waals surface area contributed by atoms with Crippen molar-refractivity contribution in [2.24, 2.45) is 0 Å². The first-order valence-electron chi connectivity index (χ1n) is 9.73. The molecule has 2 aromatic carbocycles. The van der Waals surface area contributed by atoms with Gasteiger partial charge in [-0.25, -0.2) is 4.68 Å². The van der Waals surface area contributed by atoms with Crippen molar-refractivity contribution >= 4 is 46.4 Å². The lowest BCUT2D eigenvalue weighted by Gasteiger charge is -2.36. The van der Waals surface area contributed by atoms with Crippen LogP contribution in [0.4, 0.5) is 5.69 Å². The molecule has 1 aromatic heterocycles. The fraction of sp³-hybridized carbons (Fsp3) is 0.227. The first-order valence-corrected chi connectivity index (χ1v) is 10.9. The molecular formula is C22H19Cl3N4O2. The number of carbonyl (C=O) groups excluding carboxylic acids is 1. The van der Waals surface area contributed by atoms with Gasteiger partial charge in [-0.15, -0.1) is 0 Å². The van der Waals surface area contributed by atoms with E-state index in [-0.39, 0.29) is 18.0 Å². The van der Waals surface area contributed by atoms with Crippen LogP contribution in [0.5, 0.6) is 0 Å². The van der Waals surface area contributed by atoms with E-state index < -0.39 is 0 Å². The van der Waals surface area contributed by atoms with E-state index in [0.717, 1.165) is 11.3 Å². The van der Waals surface area contributed by atoms with Gasteiger partial charge in [-0.1, -0.05) is 53.0 Å². The van der Waals surface area contributed by atoms with Crippen LogP contribution in [-0.2, 0) is 11.3 Å². The molecule has 31 heavy (non-hydrogen) atoms. The molecule has 1 aliphatic heterocycles. The Kier molecular flexibility index (Phi) is 6.51. The lowest BCUT2D eigenvalue weighted by molar-refractivity contribution is -0.132. The quantitative estimate of drug-likeness (QED) is 0.564. The molecule has 1 aliphatic rings. The summed E-state index contributed by atoms with van der Waals surface area (Å²) in [5.74, 6) is -0.153. The number of halogens is 3. The van der Waals surface area contributed by atoms with Crippen LogP contribution in [0, 0.1) is 0 Å². The smallest absolute Gasteiger partial charge is 0.267 e. The van der Waals surface area contributed by atoms with Crippen molar-refractivity contribution in [3.63, 3.8) is 0 Å². The van der Waals surface area contributed by atoms with Gasteiger partial charge in [0.1, 0.15) is 6.54 Å². The Balaban J connectivity index is 1.43. The van der Waals surface area contributed by atoms with Crippen molar-refractivity contribution in [3.05, 3.63) is 80.0 Å². The largest absolute Gasteiger partial charge is 0.367 e. The summed E-state index contributed by atoms with van der Waals surface area (Å²) in [4.78, 5) is 28.9. The standard InChI is InChI=1S/C22H19Cl3N4O2/c23-16-6-4-15(5-7-16)18-8-9-20(30)29(26-18)14-21(31)28-12-10-27(11-13-28)19-3-1-2-17(24)22(19)25/h1-9H,10-14H2. The van der Waals surface area contributed by atoms with Crippen molar-refractivity contribution < 1.29 is 4.79 Å². The van der Waals surface area contributed by atoms with E-state index in [2.05, 4.69) is 10.00 Å². The van der Waals surface area contributed by atoms with Crippen LogP contribution in [0.15, 0.2) is 59.4 Å². The molecule has 4 rings (SSSR count). The van der Waals surface area contributed by atoms with Gasteiger partial charge in [0.2, 0.25) is 5.91 Å². The maximum atomic E-state index is 12.8. The van der Waals surface area contributed by atoms with Crippen LogP contribution in [0.3, 0.4) is 0 Å². The van der Waals surface area contributed by atoms with E-state index in [1.807, 2.05) is 24.3 Å². The first-order chi connectivity index (χ1) is 14.9. The third kappa shape index (κ3) is 4.87. The van der Waals surface area contributed by atoms with Crippen LogP contribution in [0.1, 0.15) is 0 Å². The highest BCUT2D eigenvalue weighted by Crippen LogP contribution is 2.32. The van der Waals surface area contributed by atoms with Crippen molar-refractivity contribution in [2.75, 3.05) is 31.1 Å². The minimum absolute atomic E-state index is 0.113. The fourth-order valence-electron chi connectivity index (χ4n) is 3.50. The Morgan fingerprint density at radius 2 is 1.61 bits per heavy atom. The van der Waals surface area contributed by atoms with E-state index in [0.29, 0.717) is 46.9 Å². The number of benzene rings is 2. The average molecular weight is 478 g/mol. The van der Waals surface area contributed by atoms with Crippen LogP contribution in [0.2, 0.25) is 15.1 Å². The minimum Gasteiger partial charge on any atom is -0.367 e. The molecule has 0 saturated carbocycles. The molecule has 0 N–H and O–H groups in total. The molecule has 3 aromatic rings. The highest BCUT2D eigenvalue weighted by atomic mass is 35.5. The van der Waals surface area contributed by atoms with Crippen molar-refractivity contribution in [3.8, 4) is 11.3 Å². The average Bonchev–Trinajstić information content (AvgIpc) is 2.78. The van der Waals surface area contributed by atoms with E-state index in [9.17, 15) is 9.59 Å². The zero-order valence-corrected chi connectivity index (χ0v) is 18.7. The number of piperazine rings is 1. The summed E-state index contributed by atoms with van der Waals surface area (Å²) in [6.45, 7) is 2.18. The molecule has 0 aliphatic carbocycles. The van der Waals surface area contributed by atoms with Gasteiger partial charge in [0.25, 0.3) is 5.56 Å². The highest BCUT2D eigenvalue weighted by Gasteiger charge is 2.23. The zero-order valence-electron chi connectivity index (χ0n) is 16.5. The van der Waals surface area contributed by atoms with Gasteiger partial charge >= 0.3 is 0 Å². The number of nitrogens with zero attached hydrogens (tertiary/aromatic N) is 4. The van der Waals surface area contributed by atoms with E-state index in [4.69, 9.17) is 34.8 Å². The van der Waals surface area contributed by atoms with Gasteiger partial charge in [0.15, 0.2) is 0 Å². The Morgan fingerprint density at radius 1 is 0.903 bits per heavy atom. The molecule has 9 heteroatoms. The molecule has 1 amide bonds. The summed E-state index contributed by atoms with van der Waals surface area (Å²) in [5, 5.41) is 5.99. The fourth-order valence-corrected chi connectivity index (χ4v) is 4.04. The second-order valence-electron chi connectivity index (χ2n) is 7.16. The molecule has 0 unspecified atom stereocenters. The molecule has 160 valence electrons. The third-order valence-corrected chi connectivity index (χ3v) is 6.26. The number of rotatable bonds is 4. The van der Waals surface area contributed by atoms with Gasteiger partial charge in [0.05, 0.1) is 21.4 Å². The Labute approximate surface area is 194 Å². The van der Waals surface area contributed by atoms with Crippen LogP contribution < -0.4 is 10.5 Å². The zero-order chi connectivity index (χ0) is 22.0. The molecule has 2 heterocycles. The predicted octanol–water partition coefficient (Wildman–Crippen LogP) is 4.22. The molecule has 0 bridgehead atoms. The van der Waals surface area contributed by atoms with Crippen LogP contribution >= 0.6 is 34.8 Å². The lowest BCUT2D eigenvalue weighted by atomic mass is 10.1. The maximum Gasteiger partial charge on any atom is 0.267 e. The SMILES string of the molecule is O=C(Cn1nc(-c2ccc(Cl)cc2)ccc1=O)N1CCN(c2cccc(Cl)c2Cl)CC1. The van der Waals surface area contributed by atoms with Gasteiger partial charge < -0.3 is 9.80 Å². The number of hydrogen-bond donors (Lipinski definition) is 0. The van der Waals surface area contributed by atoms with Gasteiger partial charge in [0, 0.05) is 42.8 Å². The molecular weight excluding hydrogens is 459 g/mol. The first kappa shape index (κ1) is 21.7. The van der Waals surface area contributed by atoms with Crippen LogP contribution in [0.25, 0.3) is 11.3 Å². The third-order valence-electron chi connectivity index (χ3n) is 5.20. The number of carbonyl (C=O) groups is 1. The summed E-state index contributed by atoms with van der Waals surface area (Å²) in [5.41, 5.74) is 1.95. The lowest BCUT2D eigenvalue weighted by Crippen LogP contribution is -2.50. The van der Waals surface area contributed by atoms with E-state index >= 15 is 0 Å². The molecule has 0 spiro atoms. The normalized spacial score (nSPS) is 14.0. The number of anilines is 1. The summed E-state index contributed by atoms with van der Waals surface area (Å²) >= 11 is 18.4. The summed E-state index contributed by atoms with van der Waals surface area (Å²) < 4.78 is 1.20. The Bertz CT molecular complexity index is 1160. The van der Waals surface area contributed by atoms with Gasteiger partial charge in [-0.3, -0.25) is 9.59 Å². The molecule has 0 radical (unpaired) electrons. The second kappa shape index (κ2) is 9.30. The second-order valence-corrected chi connectivity index (χ2v) is 8.38. The van der Waals surface area contributed by atoms with Crippen molar-refractivity contribution in [1.29, 1.82) is 0 Å². The van der Waals surface area contributed by atoms with E-state index in [1.165, 1.54) is 10.7 Å². The molecule has 1 fully saturated rings. The van der Waals surface area contributed by atoms with E-state index in [1.54, 1.807) is 29.2 Å². The predicted molar refractivity (Wildman–Crippen MR) is 124 cm³/mol. The maximum absolute atomic E-state index is 12.8. The minimum atomic E-state index is -0.324. The Morgan fingerprint density at radius 3 is 2.32 bits per heavy atom. The van der Waals surface area contributed by atoms with Gasteiger partial charge in [-0.2, -0.15) is 5.10 Å². The monoisotopic (exact) mass is 476 g/mol. The van der Waals surface area contributed by atoms with Crippen molar-refractivity contribution in [2.45, 2.75) is 6.54 Å². The summed E-state index contributed by atoms with van der Waals surface area (Å²) in [7, 11) is 0. The Hall–Kier alpha value is -2.54. The molecule has 1 saturated heterocycles.